The fourth-order valence-corrected chi connectivity index (χ4v) is 2.95. The van der Waals surface area contributed by atoms with Crippen LogP contribution in [0.15, 0.2) is 0 Å². The molecule has 162 valence electrons. The van der Waals surface area contributed by atoms with Crippen molar-refractivity contribution >= 4 is 11.9 Å². The van der Waals surface area contributed by atoms with Crippen molar-refractivity contribution in [3.8, 4) is 0 Å². The summed E-state index contributed by atoms with van der Waals surface area (Å²) >= 11 is 0. The van der Waals surface area contributed by atoms with E-state index in [1.54, 1.807) is 0 Å². The minimum atomic E-state index is -2.87. The normalized spacial score (nSPS) is 43.5. The van der Waals surface area contributed by atoms with Crippen molar-refractivity contribution in [1.29, 1.82) is 0 Å². The van der Waals surface area contributed by atoms with Crippen LogP contribution in [0.5, 0.6) is 0 Å². The number of aliphatic hydroxyl groups is 7. The van der Waals surface area contributed by atoms with Crippen molar-refractivity contribution in [2.45, 2.75) is 67.3 Å². The van der Waals surface area contributed by atoms with E-state index in [0.29, 0.717) is 0 Å². The summed E-state index contributed by atoms with van der Waals surface area (Å²) in [7, 11) is 0. The highest BCUT2D eigenvalue weighted by atomic mass is 16.7. The third kappa shape index (κ3) is 4.25. The van der Waals surface area contributed by atoms with Crippen molar-refractivity contribution in [1.82, 2.24) is 0 Å². The molecule has 9 N–H and O–H groups in total. The second-order valence-corrected chi connectivity index (χ2v) is 6.53. The molecule has 2 saturated heterocycles. The summed E-state index contributed by atoms with van der Waals surface area (Å²) in [5.74, 6) is -6.42. The smallest absolute Gasteiger partial charge is 0.364 e. The molecule has 2 fully saturated rings. The number of ether oxygens (including phenoxy) is 3. The fourth-order valence-electron chi connectivity index (χ4n) is 2.95. The molecule has 28 heavy (non-hydrogen) atoms. The molecule has 0 amide bonds. The number of aliphatic carboxylic acids is 2. The lowest BCUT2D eigenvalue weighted by Crippen LogP contribution is -2.61. The summed E-state index contributed by atoms with van der Waals surface area (Å²) in [5.41, 5.74) is 0. The van der Waals surface area contributed by atoms with E-state index in [1.807, 2.05) is 0 Å². The highest BCUT2D eigenvalue weighted by molar-refractivity contribution is 5.75. The van der Waals surface area contributed by atoms with Crippen LogP contribution >= 0.6 is 0 Å². The van der Waals surface area contributed by atoms with Crippen LogP contribution in [0.3, 0.4) is 0 Å². The number of carboxylic acid groups (broad SMARTS) is 2. The Labute approximate surface area is 156 Å². The maximum absolute atomic E-state index is 11.2. The average molecular weight is 414 g/mol. The fraction of sp³-hybridized carbons (Fsp3) is 0.857. The first-order valence-electron chi connectivity index (χ1n) is 8.11. The molecule has 0 bridgehead atoms. The van der Waals surface area contributed by atoms with E-state index in [4.69, 9.17) is 29.5 Å². The van der Waals surface area contributed by atoms with E-state index in [2.05, 4.69) is 0 Å². The monoisotopic (exact) mass is 414 g/mol. The molecule has 2 aliphatic rings. The van der Waals surface area contributed by atoms with Gasteiger partial charge in [-0.1, -0.05) is 0 Å². The van der Waals surface area contributed by atoms with Gasteiger partial charge in [-0.05, 0) is 0 Å². The third-order valence-electron chi connectivity index (χ3n) is 4.55. The highest BCUT2D eigenvalue weighted by Gasteiger charge is 2.57. The van der Waals surface area contributed by atoms with E-state index >= 15 is 0 Å². The Balaban J connectivity index is 2.24. The standard InChI is InChI=1S/C14H22O14/c15-2-3(16)5(17)9-4(1-14(25,28-9)13(23)24)26-12-8(20)6(18)7(19)10(27-12)11(21)22/h3-10,12,15-20,25H,1-2H2,(H,21,22)(H,23,24)/t3-,4-,5-,6+,7-,8-,9-,10+,12+,14+/m1/s1. The number of rotatable bonds is 7. The van der Waals surface area contributed by atoms with Gasteiger partial charge in [0.15, 0.2) is 12.4 Å². The van der Waals surface area contributed by atoms with Gasteiger partial charge in [-0.3, -0.25) is 0 Å². The van der Waals surface area contributed by atoms with E-state index in [9.17, 15) is 40.2 Å². The summed E-state index contributed by atoms with van der Waals surface area (Å²) < 4.78 is 15.0. The Kier molecular flexibility index (Phi) is 6.93. The van der Waals surface area contributed by atoms with Gasteiger partial charge in [0, 0.05) is 6.42 Å². The predicted molar refractivity (Wildman–Crippen MR) is 80.4 cm³/mol. The summed E-state index contributed by atoms with van der Waals surface area (Å²) in [6, 6.07) is 0. The molecule has 2 rings (SSSR count). The Morgan fingerprint density at radius 1 is 1.11 bits per heavy atom. The molecule has 10 atom stereocenters. The first kappa shape index (κ1) is 22.8. The lowest BCUT2D eigenvalue weighted by atomic mass is 9.98. The maximum atomic E-state index is 11.2. The molecule has 0 radical (unpaired) electrons. The molecule has 14 nitrogen and oxygen atoms in total. The van der Waals surface area contributed by atoms with Gasteiger partial charge in [-0.2, -0.15) is 0 Å². The Hall–Kier alpha value is -1.46. The lowest BCUT2D eigenvalue weighted by molar-refractivity contribution is -0.309. The number of hydrogen-bond acceptors (Lipinski definition) is 12. The van der Waals surface area contributed by atoms with Gasteiger partial charge in [0.2, 0.25) is 0 Å². The van der Waals surface area contributed by atoms with E-state index in [0.717, 1.165) is 0 Å². The summed E-state index contributed by atoms with van der Waals surface area (Å²) in [6.07, 6.45) is -17.9. The quantitative estimate of drug-likeness (QED) is 0.189. The van der Waals surface area contributed by atoms with Crippen LogP contribution in [0.4, 0.5) is 0 Å². The first-order chi connectivity index (χ1) is 12.9. The number of hydrogen-bond donors (Lipinski definition) is 9. The molecule has 0 saturated carbocycles. The number of carboxylic acids is 2. The van der Waals surface area contributed by atoms with Crippen LogP contribution in [0.1, 0.15) is 6.42 Å². The van der Waals surface area contributed by atoms with Crippen LogP contribution in [-0.2, 0) is 23.8 Å². The second kappa shape index (κ2) is 8.50. The van der Waals surface area contributed by atoms with Crippen LogP contribution < -0.4 is 0 Å². The van der Waals surface area contributed by atoms with Crippen LogP contribution in [0.2, 0.25) is 0 Å². The molecule has 14 heteroatoms. The molecular weight excluding hydrogens is 392 g/mol. The van der Waals surface area contributed by atoms with Crippen molar-refractivity contribution in [3.63, 3.8) is 0 Å². The van der Waals surface area contributed by atoms with Crippen molar-refractivity contribution in [2.75, 3.05) is 6.61 Å². The van der Waals surface area contributed by atoms with Crippen molar-refractivity contribution < 1.29 is 69.8 Å². The van der Waals surface area contributed by atoms with E-state index < -0.39 is 85.9 Å². The molecule has 0 aromatic heterocycles. The number of aliphatic hydroxyl groups excluding tert-OH is 6. The van der Waals surface area contributed by atoms with Gasteiger partial charge in [0.25, 0.3) is 5.79 Å². The Morgan fingerprint density at radius 3 is 2.21 bits per heavy atom. The Morgan fingerprint density at radius 2 is 1.71 bits per heavy atom. The van der Waals surface area contributed by atoms with Crippen LogP contribution in [0, 0.1) is 0 Å². The zero-order valence-corrected chi connectivity index (χ0v) is 14.2. The molecular formula is C14H22O14. The SMILES string of the molecule is O=C(O)[C@H]1O[C@H](O[C@@H]2C[C@@](O)(C(=O)O)O[C@H]2[C@H](O)[C@H](O)CO)[C@H](O)[C@@H](O)[C@H]1O. The van der Waals surface area contributed by atoms with E-state index in [1.165, 1.54) is 0 Å². The van der Waals surface area contributed by atoms with Crippen LogP contribution in [0.25, 0.3) is 0 Å². The largest absolute Gasteiger partial charge is 0.479 e. The van der Waals surface area contributed by atoms with Crippen molar-refractivity contribution in [3.05, 3.63) is 0 Å². The number of carbonyl (C=O) groups is 2. The molecule has 0 unspecified atom stereocenters. The topological polar surface area (TPSA) is 244 Å². The third-order valence-corrected chi connectivity index (χ3v) is 4.55. The average Bonchev–Trinajstić information content (AvgIpc) is 2.98. The van der Waals surface area contributed by atoms with Gasteiger partial charge in [-0.25, -0.2) is 9.59 Å². The lowest BCUT2D eigenvalue weighted by Gasteiger charge is -2.40. The highest BCUT2D eigenvalue weighted by Crippen LogP contribution is 2.36. The summed E-state index contributed by atoms with van der Waals surface area (Å²) in [4.78, 5) is 22.3. The van der Waals surface area contributed by atoms with Gasteiger partial charge >= 0.3 is 11.9 Å². The van der Waals surface area contributed by atoms with Crippen LogP contribution in [-0.4, -0.2) is 125 Å². The van der Waals surface area contributed by atoms with Gasteiger partial charge < -0.3 is 60.2 Å². The zero-order chi connectivity index (χ0) is 21.4. The zero-order valence-electron chi connectivity index (χ0n) is 14.2. The minimum Gasteiger partial charge on any atom is -0.479 e. The molecule has 2 heterocycles. The molecule has 0 aliphatic carbocycles. The maximum Gasteiger partial charge on any atom is 0.364 e. The predicted octanol–water partition coefficient (Wildman–Crippen LogP) is -5.46. The Bertz CT molecular complexity index is 584. The second-order valence-electron chi connectivity index (χ2n) is 6.53. The van der Waals surface area contributed by atoms with Gasteiger partial charge in [0.05, 0.1) is 12.7 Å². The molecule has 0 aromatic rings. The molecule has 2 aliphatic heterocycles. The summed E-state index contributed by atoms with van der Waals surface area (Å²) in [6.45, 7) is -0.951. The minimum absolute atomic E-state index is 0.842. The molecule has 0 spiro atoms. The van der Waals surface area contributed by atoms with Gasteiger partial charge in [-0.15, -0.1) is 0 Å². The first-order valence-corrected chi connectivity index (χ1v) is 8.11. The van der Waals surface area contributed by atoms with Crippen molar-refractivity contribution in [2.24, 2.45) is 0 Å². The van der Waals surface area contributed by atoms with Gasteiger partial charge in [0.1, 0.15) is 36.6 Å². The molecule has 0 aromatic carbocycles. The van der Waals surface area contributed by atoms with E-state index in [-0.39, 0.29) is 0 Å². The summed E-state index contributed by atoms with van der Waals surface area (Å²) in [5, 5.41) is 86.0.